The molecule has 0 N–H and O–H groups in total. The Morgan fingerprint density at radius 1 is 0.255 bits per heavy atom. The third-order valence-corrected chi connectivity index (χ3v) is 9.88. The van der Waals surface area contributed by atoms with Crippen molar-refractivity contribution in [3.05, 3.63) is 170 Å². The first kappa shape index (κ1) is 26.1. The first-order valence-electron chi connectivity index (χ1n) is 16.2. The Bertz CT molecular complexity index is 2640. The minimum atomic E-state index is 0.910. The predicted octanol–water partition coefficient (Wildman–Crippen LogP) is 13.1. The Kier molecular flexibility index (Phi) is 5.64. The minimum Gasteiger partial charge on any atom is -0.456 e. The number of hydrogen-bond acceptors (Lipinski definition) is 1. The summed E-state index contributed by atoms with van der Waals surface area (Å²) in [5.74, 6) is 1.82. The van der Waals surface area contributed by atoms with Gasteiger partial charge in [0.1, 0.15) is 11.5 Å². The summed E-state index contributed by atoms with van der Waals surface area (Å²) in [5.41, 5.74) is 9.85. The summed E-state index contributed by atoms with van der Waals surface area (Å²) in [5, 5.41) is 9.92. The van der Waals surface area contributed by atoms with Crippen molar-refractivity contribution in [1.82, 2.24) is 0 Å². The molecule has 0 amide bonds. The zero-order chi connectivity index (χ0) is 30.9. The van der Waals surface area contributed by atoms with E-state index in [1.807, 2.05) is 6.07 Å². The molecule has 9 aromatic rings. The lowest BCUT2D eigenvalue weighted by Crippen LogP contribution is -1.98. The first-order valence-corrected chi connectivity index (χ1v) is 16.2. The highest BCUT2D eigenvalue weighted by Gasteiger charge is 2.23. The normalized spacial score (nSPS) is 12.0. The van der Waals surface area contributed by atoms with E-state index in [1.165, 1.54) is 82.0 Å². The molecular formula is C46H28O. The lowest BCUT2D eigenvalue weighted by atomic mass is 9.83. The van der Waals surface area contributed by atoms with E-state index >= 15 is 0 Å². The summed E-state index contributed by atoms with van der Waals surface area (Å²) in [6.07, 6.45) is 0. The third kappa shape index (κ3) is 3.84. The van der Waals surface area contributed by atoms with Gasteiger partial charge in [-0.1, -0.05) is 158 Å². The molecule has 0 saturated heterocycles. The summed E-state index contributed by atoms with van der Waals surface area (Å²) in [4.78, 5) is 0. The Balaban J connectivity index is 1.26. The summed E-state index contributed by atoms with van der Waals surface area (Å²) in [6.45, 7) is 0. The van der Waals surface area contributed by atoms with Crippen LogP contribution in [0.4, 0.5) is 0 Å². The summed E-state index contributed by atoms with van der Waals surface area (Å²) in [6, 6.07) is 61.5. The molecule has 0 aromatic heterocycles. The fourth-order valence-electron chi connectivity index (χ4n) is 7.90. The van der Waals surface area contributed by atoms with E-state index in [-0.39, 0.29) is 0 Å². The molecule has 1 heteroatoms. The molecule has 9 aromatic carbocycles. The molecular weight excluding hydrogens is 569 g/mol. The number of rotatable bonds is 3. The zero-order valence-corrected chi connectivity index (χ0v) is 25.6. The molecule has 218 valence electrons. The van der Waals surface area contributed by atoms with Gasteiger partial charge in [-0.25, -0.2) is 0 Å². The fourth-order valence-corrected chi connectivity index (χ4v) is 7.90. The Labute approximate surface area is 272 Å². The summed E-state index contributed by atoms with van der Waals surface area (Å²) in [7, 11) is 0. The van der Waals surface area contributed by atoms with Crippen LogP contribution in [0.5, 0.6) is 11.5 Å². The van der Waals surface area contributed by atoms with Gasteiger partial charge in [0.15, 0.2) is 0 Å². The number of para-hydroxylation sites is 1. The fraction of sp³-hybridized carbons (Fsp3) is 0. The van der Waals surface area contributed by atoms with Crippen LogP contribution >= 0.6 is 0 Å². The highest BCUT2D eigenvalue weighted by atomic mass is 16.5. The molecule has 1 heterocycles. The minimum absolute atomic E-state index is 0.910. The zero-order valence-electron chi connectivity index (χ0n) is 25.6. The van der Waals surface area contributed by atoms with E-state index < -0.39 is 0 Å². The second-order valence-corrected chi connectivity index (χ2v) is 12.4. The Morgan fingerprint density at radius 3 is 1.47 bits per heavy atom. The largest absolute Gasteiger partial charge is 0.456 e. The van der Waals surface area contributed by atoms with Crippen LogP contribution in [-0.2, 0) is 0 Å². The van der Waals surface area contributed by atoms with E-state index in [0.29, 0.717) is 0 Å². The highest BCUT2D eigenvalue weighted by Crippen LogP contribution is 2.50. The highest BCUT2D eigenvalue weighted by molar-refractivity contribution is 6.24. The molecule has 0 bridgehead atoms. The molecule has 0 saturated carbocycles. The van der Waals surface area contributed by atoms with Gasteiger partial charge in [0.25, 0.3) is 0 Å². The maximum absolute atomic E-state index is 6.43. The van der Waals surface area contributed by atoms with E-state index in [4.69, 9.17) is 4.74 Å². The van der Waals surface area contributed by atoms with E-state index in [1.54, 1.807) is 0 Å². The predicted molar refractivity (Wildman–Crippen MR) is 198 cm³/mol. The number of ether oxygens (including phenoxy) is 1. The lowest BCUT2D eigenvalue weighted by molar-refractivity contribution is 0.487. The first-order chi connectivity index (χ1) is 23.3. The van der Waals surface area contributed by atoms with Crippen molar-refractivity contribution >= 4 is 43.1 Å². The monoisotopic (exact) mass is 596 g/mol. The van der Waals surface area contributed by atoms with Crippen molar-refractivity contribution in [3.8, 4) is 56.0 Å². The third-order valence-electron chi connectivity index (χ3n) is 9.88. The van der Waals surface area contributed by atoms with Crippen molar-refractivity contribution in [3.63, 3.8) is 0 Å². The van der Waals surface area contributed by atoms with Crippen molar-refractivity contribution in [2.24, 2.45) is 0 Å². The van der Waals surface area contributed by atoms with Crippen LogP contribution < -0.4 is 4.74 Å². The maximum atomic E-state index is 6.43. The van der Waals surface area contributed by atoms with Crippen LogP contribution in [0.3, 0.4) is 0 Å². The van der Waals surface area contributed by atoms with Crippen LogP contribution in [0.2, 0.25) is 0 Å². The number of benzene rings is 9. The van der Waals surface area contributed by atoms with Crippen LogP contribution in [0.25, 0.3) is 87.6 Å². The van der Waals surface area contributed by atoms with Crippen LogP contribution in [0.15, 0.2) is 170 Å². The average molecular weight is 597 g/mol. The average Bonchev–Trinajstić information content (AvgIpc) is 3.14. The molecule has 0 spiro atoms. The van der Waals surface area contributed by atoms with Gasteiger partial charge >= 0.3 is 0 Å². The van der Waals surface area contributed by atoms with Crippen molar-refractivity contribution in [1.29, 1.82) is 0 Å². The molecule has 0 fully saturated rings. The van der Waals surface area contributed by atoms with E-state index in [9.17, 15) is 0 Å². The summed E-state index contributed by atoms with van der Waals surface area (Å²) >= 11 is 0. The number of hydrogen-bond donors (Lipinski definition) is 0. The second-order valence-electron chi connectivity index (χ2n) is 12.4. The molecule has 0 atom stereocenters. The standard InChI is InChI=1S/C46H28O/c1-2-13-29(14-3-1)44-37-18-6-8-20-39(37)45(40-21-9-7-19-38(40)44)41-26-25-32(30-15-4-5-16-31(30)41)33-27-28-43-46-35(33)22-12-23-36(46)34-17-10-11-24-42(34)47-43/h1-28H. The number of fused-ring (bicyclic) bond motifs is 5. The van der Waals surface area contributed by atoms with Crippen LogP contribution in [0, 0.1) is 0 Å². The summed E-state index contributed by atoms with van der Waals surface area (Å²) < 4.78 is 6.43. The van der Waals surface area contributed by atoms with Gasteiger partial charge in [-0.15, -0.1) is 0 Å². The van der Waals surface area contributed by atoms with Gasteiger partial charge in [-0.2, -0.15) is 0 Å². The molecule has 1 aliphatic rings. The smallest absolute Gasteiger partial charge is 0.135 e. The van der Waals surface area contributed by atoms with Gasteiger partial charge in [0.2, 0.25) is 0 Å². The van der Waals surface area contributed by atoms with Gasteiger partial charge in [-0.05, 0) is 88.8 Å². The Hall–Kier alpha value is -6.18. The van der Waals surface area contributed by atoms with Gasteiger partial charge in [-0.3, -0.25) is 0 Å². The van der Waals surface area contributed by atoms with Crippen LogP contribution in [-0.4, -0.2) is 0 Å². The SMILES string of the molecule is c1ccc(-c2c3ccccc3c(-c3ccc(-c4ccc5c6c(cccc46)-c4ccccc4O5)c4ccccc34)c3ccccc23)cc1. The second kappa shape index (κ2) is 10.2. The van der Waals surface area contributed by atoms with E-state index in [0.717, 1.165) is 17.1 Å². The van der Waals surface area contributed by atoms with Crippen molar-refractivity contribution in [2.75, 3.05) is 0 Å². The van der Waals surface area contributed by atoms with Gasteiger partial charge < -0.3 is 4.74 Å². The maximum Gasteiger partial charge on any atom is 0.135 e. The van der Waals surface area contributed by atoms with E-state index in [2.05, 4.69) is 164 Å². The van der Waals surface area contributed by atoms with Gasteiger partial charge in [0.05, 0.1) is 0 Å². The van der Waals surface area contributed by atoms with Crippen LogP contribution in [0.1, 0.15) is 0 Å². The molecule has 0 radical (unpaired) electrons. The van der Waals surface area contributed by atoms with Crippen molar-refractivity contribution < 1.29 is 4.74 Å². The molecule has 0 aliphatic carbocycles. The molecule has 47 heavy (non-hydrogen) atoms. The topological polar surface area (TPSA) is 9.23 Å². The Morgan fingerprint density at radius 2 is 0.745 bits per heavy atom. The molecule has 1 nitrogen and oxygen atoms in total. The lowest BCUT2D eigenvalue weighted by Gasteiger charge is -2.23. The molecule has 0 unspecified atom stereocenters. The molecule has 10 rings (SSSR count). The quantitative estimate of drug-likeness (QED) is 0.184. The van der Waals surface area contributed by atoms with Crippen molar-refractivity contribution in [2.45, 2.75) is 0 Å². The molecule has 1 aliphatic heterocycles. The van der Waals surface area contributed by atoms with Gasteiger partial charge in [0, 0.05) is 10.9 Å².